The third-order valence-corrected chi connectivity index (χ3v) is 2.92. The van der Waals surface area contributed by atoms with Gasteiger partial charge >= 0.3 is 0 Å². The normalized spacial score (nSPS) is 18.2. The lowest BCUT2D eigenvalue weighted by atomic mass is 9.81. The van der Waals surface area contributed by atoms with Crippen LogP contribution in [0.3, 0.4) is 0 Å². The summed E-state index contributed by atoms with van der Waals surface area (Å²) in [6.45, 7) is 4.31. The maximum atomic E-state index is 12.7. The molecule has 0 atom stereocenters. The van der Waals surface area contributed by atoms with Crippen LogP contribution in [0.4, 0.5) is 20.7 Å². The predicted octanol–water partition coefficient (Wildman–Crippen LogP) is 2.80. The Morgan fingerprint density at radius 1 is 1.26 bits per heavy atom. The molecule has 0 spiro atoms. The fraction of sp³-hybridized carbons (Fsp3) is 0.727. The van der Waals surface area contributed by atoms with Crippen LogP contribution in [0.25, 0.3) is 0 Å². The largest absolute Gasteiger partial charge is 0.354 e. The smallest absolute Gasteiger partial charge is 0.248 e. The molecule has 1 aliphatic carbocycles. The van der Waals surface area contributed by atoms with Crippen molar-refractivity contribution in [2.45, 2.75) is 38.7 Å². The van der Waals surface area contributed by atoms with E-state index in [4.69, 9.17) is 11.6 Å². The molecular weight excluding hydrogens is 276 g/mol. The third-order valence-electron chi connectivity index (χ3n) is 2.75. The van der Waals surface area contributed by atoms with Crippen LogP contribution in [-0.2, 0) is 0 Å². The highest BCUT2D eigenvalue weighted by Gasteiger charge is 2.44. The number of hydrogen-bond donors (Lipinski definition) is 2. The van der Waals surface area contributed by atoms with Gasteiger partial charge in [-0.25, -0.2) is 8.78 Å². The molecule has 0 aliphatic heterocycles. The highest BCUT2D eigenvalue weighted by Crippen LogP contribution is 2.42. The molecule has 2 N–H and O–H groups in total. The molecule has 106 valence electrons. The first-order chi connectivity index (χ1) is 8.84. The van der Waals surface area contributed by atoms with Crippen molar-refractivity contribution in [1.29, 1.82) is 0 Å². The predicted molar refractivity (Wildman–Crippen MR) is 69.8 cm³/mol. The molecule has 1 fully saturated rings. The van der Waals surface area contributed by atoms with Crippen molar-refractivity contribution < 1.29 is 8.78 Å². The molecule has 0 radical (unpaired) electrons. The lowest BCUT2D eigenvalue weighted by Gasteiger charge is -2.34. The van der Waals surface area contributed by atoms with E-state index in [9.17, 15) is 8.78 Å². The molecule has 1 saturated carbocycles. The SMILES string of the molecule is CC(C)Nc1nc(Cl)nc(NCC2CC(F)(F)C2)n1. The van der Waals surface area contributed by atoms with Crippen LogP contribution >= 0.6 is 11.6 Å². The molecule has 0 bridgehead atoms. The Morgan fingerprint density at radius 2 is 1.89 bits per heavy atom. The molecule has 0 saturated heterocycles. The molecule has 0 aromatic carbocycles. The Morgan fingerprint density at radius 3 is 2.47 bits per heavy atom. The Bertz CT molecular complexity index is 447. The molecule has 1 aromatic heterocycles. The minimum Gasteiger partial charge on any atom is -0.354 e. The van der Waals surface area contributed by atoms with Crippen LogP contribution in [0.2, 0.25) is 5.28 Å². The van der Waals surface area contributed by atoms with Crippen LogP contribution < -0.4 is 10.6 Å². The standard InChI is InChI=1S/C11H16ClF2N5/c1-6(2)16-10-18-8(12)17-9(19-10)15-5-7-3-11(13,14)4-7/h6-7H,3-5H2,1-2H3,(H2,15,16,17,18,19). The fourth-order valence-corrected chi connectivity index (χ4v) is 2.08. The van der Waals surface area contributed by atoms with Crippen molar-refractivity contribution in [3.63, 3.8) is 0 Å². The lowest BCUT2D eigenvalue weighted by Crippen LogP contribution is -2.39. The molecule has 2 rings (SSSR count). The summed E-state index contributed by atoms with van der Waals surface area (Å²) in [5.74, 6) is -1.88. The van der Waals surface area contributed by atoms with Crippen molar-refractivity contribution in [1.82, 2.24) is 15.0 Å². The Hall–Kier alpha value is -1.24. The number of halogens is 3. The van der Waals surface area contributed by atoms with Crippen molar-refractivity contribution in [2.24, 2.45) is 5.92 Å². The maximum absolute atomic E-state index is 12.7. The number of nitrogens with zero attached hydrogens (tertiary/aromatic N) is 3. The zero-order valence-electron chi connectivity index (χ0n) is 10.8. The molecule has 1 aromatic rings. The van der Waals surface area contributed by atoms with Gasteiger partial charge in [0.25, 0.3) is 0 Å². The van der Waals surface area contributed by atoms with E-state index in [-0.39, 0.29) is 30.1 Å². The number of anilines is 2. The Balaban J connectivity index is 1.91. The second-order valence-electron chi connectivity index (χ2n) is 5.06. The van der Waals surface area contributed by atoms with E-state index in [0.717, 1.165) is 0 Å². The van der Waals surface area contributed by atoms with Gasteiger partial charge in [0, 0.05) is 25.4 Å². The quantitative estimate of drug-likeness (QED) is 0.873. The summed E-state index contributed by atoms with van der Waals surface area (Å²) >= 11 is 5.78. The summed E-state index contributed by atoms with van der Waals surface area (Å²) in [5.41, 5.74) is 0. The van der Waals surface area contributed by atoms with E-state index in [0.29, 0.717) is 18.4 Å². The summed E-state index contributed by atoms with van der Waals surface area (Å²) in [4.78, 5) is 12.0. The second kappa shape index (κ2) is 5.40. The van der Waals surface area contributed by atoms with Gasteiger partial charge in [-0.15, -0.1) is 0 Å². The zero-order chi connectivity index (χ0) is 14.0. The van der Waals surface area contributed by atoms with E-state index in [2.05, 4.69) is 25.6 Å². The van der Waals surface area contributed by atoms with Gasteiger partial charge in [0.1, 0.15) is 0 Å². The van der Waals surface area contributed by atoms with Crippen LogP contribution in [0.15, 0.2) is 0 Å². The number of nitrogens with one attached hydrogen (secondary N) is 2. The summed E-state index contributed by atoms with van der Waals surface area (Å²) in [6, 6.07) is 0.164. The van der Waals surface area contributed by atoms with Gasteiger partial charge in [-0.3, -0.25) is 0 Å². The molecular formula is C11H16ClF2N5. The number of alkyl halides is 2. The third kappa shape index (κ3) is 4.12. The summed E-state index contributed by atoms with van der Waals surface area (Å²) in [7, 11) is 0. The van der Waals surface area contributed by atoms with E-state index < -0.39 is 5.92 Å². The zero-order valence-corrected chi connectivity index (χ0v) is 11.5. The Labute approximate surface area is 115 Å². The fourth-order valence-electron chi connectivity index (χ4n) is 1.92. The minimum atomic E-state index is -2.51. The second-order valence-corrected chi connectivity index (χ2v) is 5.40. The summed E-state index contributed by atoms with van der Waals surface area (Å²) in [6.07, 6.45) is -0.175. The molecule has 1 heterocycles. The van der Waals surface area contributed by atoms with Crippen LogP contribution in [0, 0.1) is 5.92 Å². The van der Waals surface area contributed by atoms with Crippen molar-refractivity contribution in [3.8, 4) is 0 Å². The molecule has 1 aliphatic rings. The highest BCUT2D eigenvalue weighted by molar-refractivity contribution is 6.28. The van der Waals surface area contributed by atoms with Gasteiger partial charge < -0.3 is 10.6 Å². The van der Waals surface area contributed by atoms with Crippen LogP contribution in [-0.4, -0.2) is 33.5 Å². The maximum Gasteiger partial charge on any atom is 0.248 e. The lowest BCUT2D eigenvalue weighted by molar-refractivity contribution is -0.106. The summed E-state index contributed by atoms with van der Waals surface area (Å²) < 4.78 is 25.4. The van der Waals surface area contributed by atoms with Crippen molar-refractivity contribution in [3.05, 3.63) is 5.28 Å². The monoisotopic (exact) mass is 291 g/mol. The highest BCUT2D eigenvalue weighted by atomic mass is 35.5. The van der Waals surface area contributed by atoms with Crippen LogP contribution in [0.5, 0.6) is 0 Å². The number of hydrogen-bond acceptors (Lipinski definition) is 5. The van der Waals surface area contributed by atoms with Gasteiger partial charge in [-0.2, -0.15) is 15.0 Å². The van der Waals surface area contributed by atoms with Gasteiger partial charge in [0.05, 0.1) is 0 Å². The summed E-state index contributed by atoms with van der Waals surface area (Å²) in [5, 5.41) is 6.00. The first-order valence-electron chi connectivity index (χ1n) is 6.14. The van der Waals surface area contributed by atoms with Gasteiger partial charge in [0.15, 0.2) is 0 Å². The number of aromatic nitrogens is 3. The average Bonchev–Trinajstić information content (AvgIpc) is 2.21. The molecule has 19 heavy (non-hydrogen) atoms. The average molecular weight is 292 g/mol. The van der Waals surface area contributed by atoms with Gasteiger partial charge in [-0.1, -0.05) is 0 Å². The van der Waals surface area contributed by atoms with Crippen molar-refractivity contribution >= 4 is 23.5 Å². The van der Waals surface area contributed by atoms with Crippen LogP contribution in [0.1, 0.15) is 26.7 Å². The van der Waals surface area contributed by atoms with Gasteiger partial charge in [-0.05, 0) is 31.4 Å². The Kier molecular flexibility index (Phi) is 4.03. The molecule has 5 nitrogen and oxygen atoms in total. The first-order valence-corrected chi connectivity index (χ1v) is 6.52. The van der Waals surface area contributed by atoms with E-state index >= 15 is 0 Å². The molecule has 0 unspecified atom stereocenters. The van der Waals surface area contributed by atoms with Gasteiger partial charge in [0.2, 0.25) is 23.1 Å². The van der Waals surface area contributed by atoms with E-state index in [1.165, 1.54) is 0 Å². The minimum absolute atomic E-state index is 0.0490. The van der Waals surface area contributed by atoms with E-state index in [1.54, 1.807) is 0 Å². The first kappa shape index (κ1) is 14.2. The van der Waals surface area contributed by atoms with Crippen molar-refractivity contribution in [2.75, 3.05) is 17.2 Å². The van der Waals surface area contributed by atoms with E-state index in [1.807, 2.05) is 13.8 Å². The molecule has 8 heteroatoms. The topological polar surface area (TPSA) is 62.7 Å². The number of rotatable bonds is 5. The molecule has 0 amide bonds.